The first-order valence-corrected chi connectivity index (χ1v) is 11.3. The summed E-state index contributed by atoms with van der Waals surface area (Å²) in [7, 11) is -2.09. The van der Waals surface area contributed by atoms with Crippen LogP contribution < -0.4 is 19.1 Å². The van der Waals surface area contributed by atoms with Crippen LogP contribution in [0.1, 0.15) is 25.8 Å². The lowest BCUT2D eigenvalue weighted by Crippen LogP contribution is -2.49. The molecular formula is C21H28N2O5S. The van der Waals surface area contributed by atoms with Gasteiger partial charge in [-0.3, -0.25) is 9.10 Å². The Hall–Kier alpha value is -2.74. The Kier molecular flexibility index (Phi) is 7.90. The Labute approximate surface area is 172 Å². The summed E-state index contributed by atoms with van der Waals surface area (Å²) in [5.41, 5.74) is 1.31. The molecule has 0 aliphatic rings. The van der Waals surface area contributed by atoms with Crippen molar-refractivity contribution in [1.82, 2.24) is 5.32 Å². The molecule has 0 aromatic heterocycles. The number of sulfonamides is 1. The maximum Gasteiger partial charge on any atom is 0.244 e. The van der Waals surface area contributed by atoms with Crippen LogP contribution in [-0.2, 0) is 21.4 Å². The molecule has 0 spiro atoms. The molecule has 0 aliphatic heterocycles. The number of methoxy groups -OCH3 is 1. The van der Waals surface area contributed by atoms with Gasteiger partial charge in [0.05, 0.1) is 25.7 Å². The molecule has 7 nitrogen and oxygen atoms in total. The summed E-state index contributed by atoms with van der Waals surface area (Å²) in [5.74, 6) is 1.01. The second-order valence-corrected chi connectivity index (χ2v) is 8.34. The summed E-state index contributed by atoms with van der Waals surface area (Å²) in [6.07, 6.45) is 1.43. The second-order valence-electron chi connectivity index (χ2n) is 6.48. The van der Waals surface area contributed by atoms with Gasteiger partial charge in [-0.15, -0.1) is 0 Å². The first-order valence-electron chi connectivity index (χ1n) is 9.43. The molecule has 0 aliphatic carbocycles. The Morgan fingerprint density at radius 3 is 2.10 bits per heavy atom. The third kappa shape index (κ3) is 6.12. The van der Waals surface area contributed by atoms with Crippen molar-refractivity contribution < 1.29 is 22.7 Å². The van der Waals surface area contributed by atoms with Crippen molar-refractivity contribution in [3.05, 3.63) is 54.1 Å². The van der Waals surface area contributed by atoms with Crippen LogP contribution in [0.3, 0.4) is 0 Å². The zero-order valence-electron chi connectivity index (χ0n) is 17.2. The van der Waals surface area contributed by atoms with Crippen molar-refractivity contribution in [3.8, 4) is 11.5 Å². The van der Waals surface area contributed by atoms with Crippen LogP contribution in [0.25, 0.3) is 0 Å². The highest BCUT2D eigenvalue weighted by atomic mass is 32.2. The molecule has 1 atom stereocenters. The van der Waals surface area contributed by atoms with Crippen LogP contribution in [0.15, 0.2) is 48.5 Å². The third-order valence-corrected chi connectivity index (χ3v) is 5.54. The van der Waals surface area contributed by atoms with E-state index >= 15 is 0 Å². The number of rotatable bonds is 10. The number of nitrogens with zero attached hydrogens (tertiary/aromatic N) is 1. The number of carbonyl (C=O) groups excluding carboxylic acids is 1. The van der Waals surface area contributed by atoms with E-state index in [2.05, 4.69) is 5.32 Å². The minimum atomic E-state index is -3.68. The molecule has 2 aromatic rings. The number of ether oxygens (including phenoxy) is 2. The average Bonchev–Trinajstić information content (AvgIpc) is 2.70. The Bertz CT molecular complexity index is 896. The standard InChI is InChI=1S/C21H28N2O5S/c1-5-20(21(24)22-15-16-7-11-18(27-3)12-8-16)23(29(4,25)26)17-9-13-19(14-10-17)28-6-2/h7-14,20H,5-6,15H2,1-4H3,(H,22,24). The lowest BCUT2D eigenvalue weighted by atomic mass is 10.1. The highest BCUT2D eigenvalue weighted by molar-refractivity contribution is 7.92. The Morgan fingerprint density at radius 2 is 1.62 bits per heavy atom. The van der Waals surface area contributed by atoms with Crippen LogP contribution in [0.5, 0.6) is 11.5 Å². The van der Waals surface area contributed by atoms with E-state index in [1.165, 1.54) is 0 Å². The quantitative estimate of drug-likeness (QED) is 0.639. The first kappa shape index (κ1) is 22.5. The molecule has 0 fully saturated rings. The molecule has 8 heteroatoms. The number of benzene rings is 2. The lowest BCUT2D eigenvalue weighted by Gasteiger charge is -2.30. The van der Waals surface area contributed by atoms with Gasteiger partial charge in [0.25, 0.3) is 0 Å². The van der Waals surface area contributed by atoms with Gasteiger partial charge in [0.2, 0.25) is 15.9 Å². The zero-order chi connectivity index (χ0) is 21.4. The number of hydrogen-bond donors (Lipinski definition) is 1. The molecule has 1 unspecified atom stereocenters. The van der Waals surface area contributed by atoms with E-state index in [9.17, 15) is 13.2 Å². The largest absolute Gasteiger partial charge is 0.497 e. The van der Waals surface area contributed by atoms with Gasteiger partial charge in [-0.25, -0.2) is 8.42 Å². The van der Waals surface area contributed by atoms with Crippen molar-refractivity contribution in [2.75, 3.05) is 24.3 Å². The molecule has 0 heterocycles. The molecule has 29 heavy (non-hydrogen) atoms. The maximum atomic E-state index is 12.8. The van der Waals surface area contributed by atoms with Gasteiger partial charge < -0.3 is 14.8 Å². The number of anilines is 1. The van der Waals surface area contributed by atoms with E-state index in [0.717, 1.165) is 21.9 Å². The summed E-state index contributed by atoms with van der Waals surface area (Å²) in [6, 6.07) is 13.1. The molecule has 0 bridgehead atoms. The summed E-state index contributed by atoms with van der Waals surface area (Å²) in [5, 5.41) is 2.83. The monoisotopic (exact) mass is 420 g/mol. The predicted molar refractivity (Wildman–Crippen MR) is 114 cm³/mol. The van der Waals surface area contributed by atoms with Gasteiger partial charge in [0.15, 0.2) is 0 Å². The van der Waals surface area contributed by atoms with Crippen LogP contribution in [0.2, 0.25) is 0 Å². The fourth-order valence-electron chi connectivity index (χ4n) is 2.97. The van der Waals surface area contributed by atoms with Crippen LogP contribution >= 0.6 is 0 Å². The predicted octanol–water partition coefficient (Wildman–Crippen LogP) is 2.95. The summed E-state index contributed by atoms with van der Waals surface area (Å²) >= 11 is 0. The molecule has 158 valence electrons. The van der Waals surface area contributed by atoms with E-state index in [4.69, 9.17) is 9.47 Å². The molecule has 2 rings (SSSR count). The molecule has 1 amide bonds. The smallest absolute Gasteiger partial charge is 0.244 e. The molecule has 0 radical (unpaired) electrons. The van der Waals surface area contributed by atoms with Crippen molar-refractivity contribution in [3.63, 3.8) is 0 Å². The van der Waals surface area contributed by atoms with E-state index in [1.54, 1.807) is 38.3 Å². The van der Waals surface area contributed by atoms with Gasteiger partial charge >= 0.3 is 0 Å². The van der Waals surface area contributed by atoms with Crippen molar-refractivity contribution in [1.29, 1.82) is 0 Å². The van der Waals surface area contributed by atoms with Crippen LogP contribution in [0.4, 0.5) is 5.69 Å². The second kappa shape index (κ2) is 10.2. The van der Waals surface area contributed by atoms with E-state index in [0.29, 0.717) is 31.0 Å². The van der Waals surface area contributed by atoms with Gasteiger partial charge in [-0.1, -0.05) is 19.1 Å². The van der Waals surface area contributed by atoms with Crippen molar-refractivity contribution in [2.24, 2.45) is 0 Å². The summed E-state index contributed by atoms with van der Waals surface area (Å²) in [4.78, 5) is 12.8. The van der Waals surface area contributed by atoms with Gasteiger partial charge in [-0.05, 0) is 55.3 Å². The van der Waals surface area contributed by atoms with E-state index in [-0.39, 0.29) is 5.91 Å². The fraction of sp³-hybridized carbons (Fsp3) is 0.381. The minimum absolute atomic E-state index is 0.292. The molecule has 0 saturated heterocycles. The normalized spacial score (nSPS) is 12.1. The minimum Gasteiger partial charge on any atom is -0.497 e. The molecule has 1 N–H and O–H groups in total. The van der Waals surface area contributed by atoms with E-state index in [1.807, 2.05) is 31.2 Å². The molecule has 0 saturated carbocycles. The summed E-state index contributed by atoms with van der Waals surface area (Å²) in [6.45, 7) is 4.46. The lowest BCUT2D eigenvalue weighted by molar-refractivity contribution is -0.122. The fourth-order valence-corrected chi connectivity index (χ4v) is 4.18. The number of nitrogens with one attached hydrogen (secondary N) is 1. The summed E-state index contributed by atoms with van der Waals surface area (Å²) < 4.78 is 36.7. The highest BCUT2D eigenvalue weighted by Crippen LogP contribution is 2.25. The first-order chi connectivity index (χ1) is 13.8. The highest BCUT2D eigenvalue weighted by Gasteiger charge is 2.31. The van der Waals surface area contributed by atoms with Crippen molar-refractivity contribution >= 4 is 21.6 Å². The van der Waals surface area contributed by atoms with Gasteiger partial charge in [0.1, 0.15) is 17.5 Å². The number of hydrogen-bond acceptors (Lipinski definition) is 5. The van der Waals surface area contributed by atoms with Crippen molar-refractivity contribution in [2.45, 2.75) is 32.9 Å². The Balaban J connectivity index is 2.19. The topological polar surface area (TPSA) is 84.9 Å². The number of amides is 1. The third-order valence-electron chi connectivity index (χ3n) is 4.36. The maximum absolute atomic E-state index is 12.8. The Morgan fingerprint density at radius 1 is 1.03 bits per heavy atom. The zero-order valence-corrected chi connectivity index (χ0v) is 18.0. The number of carbonyl (C=O) groups is 1. The SMILES string of the molecule is CCOc1ccc(N(C(CC)C(=O)NCc2ccc(OC)cc2)S(C)(=O)=O)cc1. The average molecular weight is 421 g/mol. The van der Waals surface area contributed by atoms with Crippen LogP contribution in [-0.4, -0.2) is 40.3 Å². The molecule has 2 aromatic carbocycles. The molecular weight excluding hydrogens is 392 g/mol. The van der Waals surface area contributed by atoms with E-state index < -0.39 is 16.1 Å². The van der Waals surface area contributed by atoms with Gasteiger partial charge in [0, 0.05) is 6.54 Å². The van der Waals surface area contributed by atoms with Crippen LogP contribution in [0, 0.1) is 0 Å². The van der Waals surface area contributed by atoms with Gasteiger partial charge in [-0.2, -0.15) is 0 Å².